The van der Waals surface area contributed by atoms with Crippen LogP contribution in [0, 0.1) is 0 Å². The molecule has 0 radical (unpaired) electrons. The molecular formula is C25H26N4O3S. The van der Waals surface area contributed by atoms with Gasteiger partial charge in [0.1, 0.15) is 11.3 Å². The van der Waals surface area contributed by atoms with Gasteiger partial charge in [0.05, 0.1) is 11.0 Å². The zero-order valence-corrected chi connectivity index (χ0v) is 19.4. The Labute approximate surface area is 196 Å². The average molecular weight is 463 g/mol. The second-order valence-electron chi connectivity index (χ2n) is 8.97. The molecule has 6 rings (SSSR count). The summed E-state index contributed by atoms with van der Waals surface area (Å²) < 4.78 is 12.9. The largest absolute Gasteiger partial charge is 0.464 e. The van der Waals surface area contributed by atoms with Crippen molar-refractivity contribution in [3.8, 4) is 10.9 Å². The molecule has 7 nitrogen and oxygen atoms in total. The lowest BCUT2D eigenvalue weighted by atomic mass is 10.0. The normalized spacial score (nSPS) is 17.3. The Morgan fingerprint density at radius 3 is 2.79 bits per heavy atom. The second kappa shape index (κ2) is 8.43. The number of aromatic nitrogens is 2. The van der Waals surface area contributed by atoms with Gasteiger partial charge in [0.15, 0.2) is 5.65 Å². The summed E-state index contributed by atoms with van der Waals surface area (Å²) in [5.41, 5.74) is 2.73. The van der Waals surface area contributed by atoms with E-state index in [2.05, 4.69) is 20.9 Å². The van der Waals surface area contributed by atoms with Crippen molar-refractivity contribution in [2.75, 3.05) is 13.1 Å². The standard InChI is InChI=1S/C25H26N4O3S/c1-16(30)28-11-8-19(9-12-28)29(18-4-5-18)14-17-15-31-22-13-20(6-7-21(17)22)32-25-27-24-23(33-25)3-2-10-26-24/h2-3,6-7,10,13,15,18-19H,4-5,8-9,11-12,14H2,1H3. The van der Waals surface area contributed by atoms with E-state index < -0.39 is 0 Å². The highest BCUT2D eigenvalue weighted by Crippen LogP contribution is 2.36. The monoisotopic (exact) mass is 462 g/mol. The first-order valence-corrected chi connectivity index (χ1v) is 12.4. The predicted molar refractivity (Wildman–Crippen MR) is 128 cm³/mol. The van der Waals surface area contributed by atoms with Gasteiger partial charge in [-0.1, -0.05) is 11.3 Å². The minimum absolute atomic E-state index is 0.187. The molecule has 2 aliphatic rings. The van der Waals surface area contributed by atoms with Gasteiger partial charge in [0.25, 0.3) is 5.19 Å². The molecule has 3 aromatic heterocycles. The van der Waals surface area contributed by atoms with Crippen LogP contribution in [-0.2, 0) is 11.3 Å². The van der Waals surface area contributed by atoms with E-state index in [-0.39, 0.29) is 5.91 Å². The molecule has 0 N–H and O–H groups in total. The summed E-state index contributed by atoms with van der Waals surface area (Å²) in [6.07, 6.45) is 8.23. The fourth-order valence-electron chi connectivity index (χ4n) is 4.81. The maximum absolute atomic E-state index is 11.7. The van der Waals surface area contributed by atoms with Crippen molar-refractivity contribution in [1.29, 1.82) is 0 Å². The van der Waals surface area contributed by atoms with Gasteiger partial charge in [-0.15, -0.1) is 0 Å². The minimum atomic E-state index is 0.187. The summed E-state index contributed by atoms with van der Waals surface area (Å²) in [4.78, 5) is 25.0. The van der Waals surface area contributed by atoms with Crippen molar-refractivity contribution in [2.24, 2.45) is 0 Å². The number of furan rings is 1. The molecule has 4 heterocycles. The molecule has 0 spiro atoms. The van der Waals surface area contributed by atoms with Gasteiger partial charge in [-0.2, -0.15) is 4.98 Å². The first kappa shape index (κ1) is 20.6. The van der Waals surface area contributed by atoms with Gasteiger partial charge in [0, 0.05) is 61.9 Å². The van der Waals surface area contributed by atoms with Crippen molar-refractivity contribution < 1.29 is 13.9 Å². The Morgan fingerprint density at radius 1 is 1.21 bits per heavy atom. The molecule has 1 saturated heterocycles. The van der Waals surface area contributed by atoms with Crippen LogP contribution in [0.5, 0.6) is 10.9 Å². The molecule has 0 atom stereocenters. The number of carbonyl (C=O) groups excluding carboxylic acids is 1. The van der Waals surface area contributed by atoms with Crippen LogP contribution in [0.15, 0.2) is 47.2 Å². The van der Waals surface area contributed by atoms with E-state index in [0.717, 1.165) is 48.1 Å². The molecule has 1 aromatic carbocycles. The lowest BCUT2D eigenvalue weighted by Gasteiger charge is -2.38. The van der Waals surface area contributed by atoms with Crippen molar-refractivity contribution in [3.05, 3.63) is 48.4 Å². The molecule has 2 fully saturated rings. The highest BCUT2D eigenvalue weighted by Gasteiger charge is 2.36. The number of hydrogen-bond acceptors (Lipinski definition) is 7. The Balaban J connectivity index is 1.18. The summed E-state index contributed by atoms with van der Waals surface area (Å²) in [6.45, 7) is 4.27. The van der Waals surface area contributed by atoms with Crippen LogP contribution < -0.4 is 4.74 Å². The van der Waals surface area contributed by atoms with E-state index in [1.165, 1.54) is 29.7 Å². The molecule has 0 unspecified atom stereocenters. The maximum atomic E-state index is 11.7. The number of benzene rings is 1. The van der Waals surface area contributed by atoms with Crippen LogP contribution in [0.2, 0.25) is 0 Å². The molecule has 0 bridgehead atoms. The lowest BCUT2D eigenvalue weighted by molar-refractivity contribution is -0.130. The number of piperidine rings is 1. The number of pyridine rings is 1. The quantitative estimate of drug-likeness (QED) is 0.392. The first-order valence-electron chi connectivity index (χ1n) is 11.5. The third kappa shape index (κ3) is 4.20. The number of carbonyl (C=O) groups is 1. The summed E-state index contributed by atoms with van der Waals surface area (Å²) in [5, 5.41) is 1.70. The van der Waals surface area contributed by atoms with Crippen LogP contribution in [0.3, 0.4) is 0 Å². The molecule has 1 aliphatic carbocycles. The topological polar surface area (TPSA) is 71.7 Å². The number of likely N-dealkylation sites (tertiary alicyclic amines) is 1. The predicted octanol–water partition coefficient (Wildman–Crippen LogP) is 5.21. The van der Waals surface area contributed by atoms with E-state index in [1.54, 1.807) is 13.1 Å². The number of hydrogen-bond donors (Lipinski definition) is 0. The lowest BCUT2D eigenvalue weighted by Crippen LogP contribution is -2.46. The van der Waals surface area contributed by atoms with E-state index in [1.807, 2.05) is 35.4 Å². The number of thiazole rings is 1. The number of rotatable bonds is 6. The van der Waals surface area contributed by atoms with Crippen LogP contribution in [0.25, 0.3) is 21.3 Å². The fourth-order valence-corrected chi connectivity index (χ4v) is 5.61. The SMILES string of the molecule is CC(=O)N1CCC(N(Cc2coc3cc(Oc4nc5ncccc5s4)ccc23)C2CC2)CC1. The summed E-state index contributed by atoms with van der Waals surface area (Å²) >= 11 is 1.48. The second-order valence-corrected chi connectivity index (χ2v) is 9.96. The van der Waals surface area contributed by atoms with Crippen molar-refractivity contribution in [3.63, 3.8) is 0 Å². The fraction of sp³-hybridized carbons (Fsp3) is 0.400. The van der Waals surface area contributed by atoms with Gasteiger partial charge < -0.3 is 14.1 Å². The summed E-state index contributed by atoms with van der Waals surface area (Å²) in [7, 11) is 0. The van der Waals surface area contributed by atoms with Crippen molar-refractivity contribution >= 4 is 38.6 Å². The Kier molecular flexibility index (Phi) is 5.27. The maximum Gasteiger partial charge on any atom is 0.281 e. The molecule has 1 saturated carbocycles. The minimum Gasteiger partial charge on any atom is -0.464 e. The summed E-state index contributed by atoms with van der Waals surface area (Å²) in [6, 6.07) is 11.1. The number of nitrogens with zero attached hydrogens (tertiary/aromatic N) is 4. The average Bonchev–Trinajstić information content (AvgIpc) is 3.46. The highest BCUT2D eigenvalue weighted by atomic mass is 32.1. The van der Waals surface area contributed by atoms with Gasteiger partial charge >= 0.3 is 0 Å². The zero-order chi connectivity index (χ0) is 22.4. The van der Waals surface area contributed by atoms with E-state index in [9.17, 15) is 4.79 Å². The molecule has 8 heteroatoms. The molecule has 33 heavy (non-hydrogen) atoms. The van der Waals surface area contributed by atoms with Crippen molar-refractivity contribution in [1.82, 2.24) is 19.8 Å². The number of amides is 1. The van der Waals surface area contributed by atoms with Crippen LogP contribution >= 0.6 is 11.3 Å². The third-order valence-electron chi connectivity index (χ3n) is 6.73. The molecule has 170 valence electrons. The van der Waals surface area contributed by atoms with E-state index in [0.29, 0.717) is 28.7 Å². The third-order valence-corrected chi connectivity index (χ3v) is 7.61. The van der Waals surface area contributed by atoms with E-state index >= 15 is 0 Å². The van der Waals surface area contributed by atoms with Gasteiger partial charge in [-0.25, -0.2) is 4.98 Å². The van der Waals surface area contributed by atoms with Gasteiger partial charge in [-0.3, -0.25) is 9.69 Å². The Hall–Kier alpha value is -2.97. The smallest absolute Gasteiger partial charge is 0.281 e. The van der Waals surface area contributed by atoms with Crippen LogP contribution in [-0.4, -0.2) is 50.8 Å². The first-order chi connectivity index (χ1) is 16.1. The number of fused-ring (bicyclic) bond motifs is 2. The zero-order valence-electron chi connectivity index (χ0n) is 18.6. The van der Waals surface area contributed by atoms with Gasteiger partial charge in [-0.05, 0) is 49.9 Å². The Bertz CT molecular complexity index is 1270. The summed E-state index contributed by atoms with van der Waals surface area (Å²) in [5.74, 6) is 0.894. The van der Waals surface area contributed by atoms with Crippen LogP contribution in [0.1, 0.15) is 38.2 Å². The Morgan fingerprint density at radius 2 is 2.03 bits per heavy atom. The number of ether oxygens (including phenoxy) is 1. The molecule has 4 aromatic rings. The molecular weight excluding hydrogens is 436 g/mol. The van der Waals surface area contributed by atoms with Crippen LogP contribution in [0.4, 0.5) is 0 Å². The van der Waals surface area contributed by atoms with E-state index in [4.69, 9.17) is 9.15 Å². The van der Waals surface area contributed by atoms with Crippen molar-refractivity contribution in [2.45, 2.75) is 51.2 Å². The highest BCUT2D eigenvalue weighted by molar-refractivity contribution is 7.20. The molecule has 1 amide bonds. The van der Waals surface area contributed by atoms with Gasteiger partial charge in [0.2, 0.25) is 5.91 Å². The molecule has 1 aliphatic heterocycles.